The monoisotopic (exact) mass is 387 g/mol. The summed E-state index contributed by atoms with van der Waals surface area (Å²) in [6, 6.07) is 7.33. The molecule has 0 aliphatic heterocycles. The molecule has 0 N–H and O–H groups in total. The van der Waals surface area contributed by atoms with Crippen LogP contribution in [-0.4, -0.2) is 56.2 Å². The molecule has 3 rings (SSSR count). The minimum absolute atomic E-state index is 0.0803. The second-order valence-corrected chi connectivity index (χ2v) is 6.33. The van der Waals surface area contributed by atoms with E-state index in [1.165, 1.54) is 18.1 Å². The zero-order valence-corrected chi connectivity index (χ0v) is 15.6. The second-order valence-electron chi connectivity index (χ2n) is 5.36. The van der Waals surface area contributed by atoms with Gasteiger partial charge in [0.2, 0.25) is 0 Å². The Balaban J connectivity index is 1.79. The Morgan fingerprint density at radius 1 is 1.26 bits per heavy atom. The van der Waals surface area contributed by atoms with Crippen molar-refractivity contribution in [1.29, 1.82) is 0 Å². The van der Waals surface area contributed by atoms with Crippen molar-refractivity contribution in [1.82, 2.24) is 25.0 Å². The maximum absolute atomic E-state index is 11.9. The van der Waals surface area contributed by atoms with Crippen LogP contribution in [0.5, 0.6) is 5.75 Å². The molecule has 0 spiro atoms. The lowest BCUT2D eigenvalue weighted by Crippen LogP contribution is -2.12. The normalized spacial score (nSPS) is 10.7. The van der Waals surface area contributed by atoms with Gasteiger partial charge in [-0.15, -0.1) is 5.10 Å². The zero-order chi connectivity index (χ0) is 19.2. The standard InChI is InChI=1S/C17H17N5O4S/c1-3-26-14(24)8-12(23)9-27-17-15-16(18-10-19-17)22(21-20-15)11-5-4-6-13(7-11)25-2/h4-7,10H,3,8-9H2,1-2H3. The third-order valence-electron chi connectivity index (χ3n) is 3.52. The summed E-state index contributed by atoms with van der Waals surface area (Å²) in [5.74, 6) is -0.00796. The lowest BCUT2D eigenvalue weighted by Gasteiger charge is -2.05. The van der Waals surface area contributed by atoms with Crippen molar-refractivity contribution in [3.63, 3.8) is 0 Å². The van der Waals surface area contributed by atoms with E-state index < -0.39 is 5.97 Å². The van der Waals surface area contributed by atoms with E-state index in [1.54, 1.807) is 18.7 Å². The fourth-order valence-electron chi connectivity index (χ4n) is 2.32. The summed E-state index contributed by atoms with van der Waals surface area (Å²) in [5, 5.41) is 8.80. The zero-order valence-electron chi connectivity index (χ0n) is 14.8. The van der Waals surface area contributed by atoms with Gasteiger partial charge in [0.1, 0.15) is 23.5 Å². The first-order valence-corrected chi connectivity index (χ1v) is 9.12. The first-order valence-electron chi connectivity index (χ1n) is 8.13. The van der Waals surface area contributed by atoms with Crippen molar-refractivity contribution in [3.05, 3.63) is 30.6 Å². The molecule has 0 bridgehead atoms. The Morgan fingerprint density at radius 2 is 2.11 bits per heavy atom. The van der Waals surface area contributed by atoms with Crippen LogP contribution in [0.4, 0.5) is 0 Å². The molecule has 0 aliphatic rings. The average molecular weight is 387 g/mol. The molecule has 0 radical (unpaired) electrons. The van der Waals surface area contributed by atoms with Crippen LogP contribution in [0.1, 0.15) is 13.3 Å². The van der Waals surface area contributed by atoms with E-state index in [1.807, 2.05) is 24.3 Å². The number of rotatable bonds is 8. The minimum Gasteiger partial charge on any atom is -0.497 e. The number of esters is 1. The Morgan fingerprint density at radius 3 is 2.89 bits per heavy atom. The third kappa shape index (κ3) is 4.40. The SMILES string of the molecule is CCOC(=O)CC(=O)CSc1ncnc2c1nnn2-c1cccc(OC)c1. The number of fused-ring (bicyclic) bond motifs is 1. The summed E-state index contributed by atoms with van der Waals surface area (Å²) < 4.78 is 11.6. The van der Waals surface area contributed by atoms with Gasteiger partial charge < -0.3 is 9.47 Å². The molecule has 27 heavy (non-hydrogen) atoms. The lowest BCUT2D eigenvalue weighted by molar-refractivity contribution is -0.145. The molecule has 2 heterocycles. The Hall–Kier alpha value is -3.01. The molecule has 2 aromatic heterocycles. The highest BCUT2D eigenvalue weighted by molar-refractivity contribution is 8.00. The van der Waals surface area contributed by atoms with Crippen molar-refractivity contribution < 1.29 is 19.1 Å². The van der Waals surface area contributed by atoms with Gasteiger partial charge in [-0.25, -0.2) is 9.97 Å². The Bertz CT molecular complexity index is 975. The second kappa shape index (κ2) is 8.58. The minimum atomic E-state index is -0.528. The van der Waals surface area contributed by atoms with Crippen molar-refractivity contribution in [2.24, 2.45) is 0 Å². The van der Waals surface area contributed by atoms with Crippen LogP contribution >= 0.6 is 11.8 Å². The van der Waals surface area contributed by atoms with E-state index in [9.17, 15) is 9.59 Å². The van der Waals surface area contributed by atoms with Gasteiger partial charge in [-0.05, 0) is 19.1 Å². The van der Waals surface area contributed by atoms with Crippen LogP contribution in [0.15, 0.2) is 35.6 Å². The number of thioether (sulfide) groups is 1. The number of aromatic nitrogens is 5. The molecule has 3 aromatic rings. The molecule has 0 saturated heterocycles. The van der Waals surface area contributed by atoms with Gasteiger partial charge in [0, 0.05) is 6.07 Å². The Labute approximate surface area is 159 Å². The molecule has 0 aliphatic carbocycles. The molecule has 0 fully saturated rings. The van der Waals surface area contributed by atoms with Crippen LogP contribution in [0.25, 0.3) is 16.9 Å². The maximum atomic E-state index is 11.9. The molecule has 0 amide bonds. The van der Waals surface area contributed by atoms with Crippen LogP contribution in [0.2, 0.25) is 0 Å². The van der Waals surface area contributed by atoms with E-state index in [4.69, 9.17) is 9.47 Å². The number of Topliss-reactive ketones (excluding diaryl/α,β-unsaturated/α-hetero) is 1. The quantitative estimate of drug-likeness (QED) is 0.247. The largest absolute Gasteiger partial charge is 0.497 e. The van der Waals surface area contributed by atoms with Crippen LogP contribution in [-0.2, 0) is 14.3 Å². The summed E-state index contributed by atoms with van der Waals surface area (Å²) in [5.41, 5.74) is 1.73. The number of nitrogens with zero attached hydrogens (tertiary/aromatic N) is 5. The van der Waals surface area contributed by atoms with Gasteiger partial charge >= 0.3 is 5.97 Å². The van der Waals surface area contributed by atoms with E-state index in [0.29, 0.717) is 21.9 Å². The van der Waals surface area contributed by atoms with E-state index in [0.717, 1.165) is 5.69 Å². The van der Waals surface area contributed by atoms with Gasteiger partial charge in [0.05, 0.1) is 25.2 Å². The highest BCUT2D eigenvalue weighted by Crippen LogP contribution is 2.25. The predicted octanol–water partition coefficient (Wildman–Crippen LogP) is 1.83. The highest BCUT2D eigenvalue weighted by atomic mass is 32.2. The topological polar surface area (TPSA) is 109 Å². The van der Waals surface area contributed by atoms with Gasteiger partial charge in [0.15, 0.2) is 16.9 Å². The summed E-state index contributed by atoms with van der Waals surface area (Å²) >= 11 is 1.19. The third-order valence-corrected chi connectivity index (χ3v) is 4.56. The van der Waals surface area contributed by atoms with Crippen molar-refractivity contribution in [3.8, 4) is 11.4 Å². The van der Waals surface area contributed by atoms with Gasteiger partial charge in [-0.1, -0.05) is 23.0 Å². The van der Waals surface area contributed by atoms with Crippen molar-refractivity contribution >= 4 is 34.7 Å². The number of hydrogen-bond acceptors (Lipinski definition) is 9. The predicted molar refractivity (Wildman–Crippen MR) is 98.0 cm³/mol. The summed E-state index contributed by atoms with van der Waals surface area (Å²) in [6.07, 6.45) is 1.13. The molecular formula is C17H17N5O4S. The fourth-order valence-corrected chi connectivity index (χ4v) is 3.11. The molecule has 0 atom stereocenters. The number of hydrogen-bond donors (Lipinski definition) is 0. The number of benzene rings is 1. The first-order chi connectivity index (χ1) is 13.1. The van der Waals surface area contributed by atoms with E-state index >= 15 is 0 Å². The molecule has 9 nitrogen and oxygen atoms in total. The van der Waals surface area contributed by atoms with Crippen LogP contribution in [0, 0.1) is 0 Å². The molecule has 1 aromatic carbocycles. The molecule has 0 saturated carbocycles. The van der Waals surface area contributed by atoms with Crippen LogP contribution in [0.3, 0.4) is 0 Å². The van der Waals surface area contributed by atoms with Gasteiger partial charge in [-0.3, -0.25) is 9.59 Å². The van der Waals surface area contributed by atoms with Crippen LogP contribution < -0.4 is 4.74 Å². The molecular weight excluding hydrogens is 370 g/mol. The number of carbonyl (C=O) groups excluding carboxylic acids is 2. The van der Waals surface area contributed by atoms with Gasteiger partial charge in [0.25, 0.3) is 0 Å². The molecule has 10 heteroatoms. The fraction of sp³-hybridized carbons (Fsp3) is 0.294. The first kappa shape index (κ1) is 18.8. The smallest absolute Gasteiger partial charge is 0.313 e. The lowest BCUT2D eigenvalue weighted by atomic mass is 10.3. The summed E-state index contributed by atoms with van der Waals surface area (Å²) in [4.78, 5) is 31.7. The Kier molecular flexibility index (Phi) is 5.97. The molecule has 140 valence electrons. The summed E-state index contributed by atoms with van der Waals surface area (Å²) in [7, 11) is 1.59. The van der Waals surface area contributed by atoms with Gasteiger partial charge in [-0.2, -0.15) is 4.68 Å². The number of methoxy groups -OCH3 is 1. The van der Waals surface area contributed by atoms with E-state index in [2.05, 4.69) is 20.3 Å². The van der Waals surface area contributed by atoms with E-state index in [-0.39, 0.29) is 24.6 Å². The van der Waals surface area contributed by atoms with Crippen molar-refractivity contribution in [2.45, 2.75) is 18.4 Å². The maximum Gasteiger partial charge on any atom is 0.313 e. The number of ether oxygens (including phenoxy) is 2. The summed E-state index contributed by atoms with van der Waals surface area (Å²) in [6.45, 7) is 1.94. The van der Waals surface area contributed by atoms with Crippen molar-refractivity contribution in [2.75, 3.05) is 19.5 Å². The number of ketones is 1. The average Bonchev–Trinajstić information content (AvgIpc) is 3.11. The highest BCUT2D eigenvalue weighted by Gasteiger charge is 2.16. The molecule has 0 unspecified atom stereocenters. The number of carbonyl (C=O) groups is 2.